The predicted octanol–water partition coefficient (Wildman–Crippen LogP) is -0.926. The molecule has 9 heteroatoms. The van der Waals surface area contributed by atoms with Gasteiger partial charge in [0.2, 0.25) is 0 Å². The molecule has 4 N–H and O–H groups in total. The van der Waals surface area contributed by atoms with Crippen molar-refractivity contribution >= 4 is 29.4 Å². The summed E-state index contributed by atoms with van der Waals surface area (Å²) in [5.41, 5.74) is -0.0264. The Morgan fingerprint density at radius 1 is 1.40 bits per heavy atom. The van der Waals surface area contributed by atoms with Crippen molar-refractivity contribution in [3.63, 3.8) is 0 Å². The van der Waals surface area contributed by atoms with Crippen molar-refractivity contribution in [2.75, 3.05) is 6.61 Å². The highest BCUT2D eigenvalue weighted by Gasteiger charge is 2.43. The second-order valence-corrected chi connectivity index (χ2v) is 5.89. The van der Waals surface area contributed by atoms with E-state index >= 15 is 0 Å². The number of hydrogen-bond donors (Lipinski definition) is 4. The first-order valence-corrected chi connectivity index (χ1v) is 7.12. The largest absolute Gasteiger partial charge is 0.395 e. The molecule has 0 aliphatic carbocycles. The number of halogens is 1. The minimum Gasteiger partial charge on any atom is -0.395 e. The molecule has 0 amide bonds. The molecular weight excluding hydrogens is 308 g/mol. The van der Waals surface area contributed by atoms with Crippen molar-refractivity contribution in [1.82, 2.24) is 9.55 Å². The molecule has 1 fully saturated rings. The van der Waals surface area contributed by atoms with Crippen molar-refractivity contribution < 1.29 is 15.3 Å². The number of rotatable bonds is 3. The summed E-state index contributed by atoms with van der Waals surface area (Å²) in [6.45, 7) is -0.327. The van der Waals surface area contributed by atoms with Gasteiger partial charge in [-0.15, -0.1) is 11.8 Å². The van der Waals surface area contributed by atoms with Crippen LogP contribution in [0.15, 0.2) is 21.3 Å². The molecule has 20 heavy (non-hydrogen) atoms. The first-order chi connectivity index (χ1) is 9.49. The van der Waals surface area contributed by atoms with E-state index in [1.165, 1.54) is 12.3 Å². The van der Waals surface area contributed by atoms with Crippen molar-refractivity contribution in [2.45, 2.75) is 22.8 Å². The second kappa shape index (κ2) is 6.15. The monoisotopic (exact) mass is 320 g/mol. The molecule has 2 heterocycles. The van der Waals surface area contributed by atoms with E-state index in [0.29, 0.717) is 0 Å². The van der Waals surface area contributed by atoms with E-state index in [1.54, 1.807) is 0 Å². The summed E-state index contributed by atoms with van der Waals surface area (Å²) >= 11 is 6.47. The molecule has 1 unspecified atom stereocenters. The van der Waals surface area contributed by atoms with Gasteiger partial charge in [0.05, 0.1) is 23.5 Å². The first-order valence-electron chi connectivity index (χ1n) is 5.74. The Morgan fingerprint density at radius 3 is 2.65 bits per heavy atom. The molecule has 0 spiro atoms. The molecular formula is C11H13ClN2O5S. The zero-order valence-corrected chi connectivity index (χ0v) is 11.7. The third-order valence-electron chi connectivity index (χ3n) is 3.03. The number of aliphatic hydroxyl groups is 3. The van der Waals surface area contributed by atoms with Crippen LogP contribution in [0.2, 0.25) is 0 Å². The third-order valence-corrected chi connectivity index (χ3v) is 4.72. The van der Waals surface area contributed by atoms with Crippen molar-refractivity contribution in [2.24, 2.45) is 0 Å². The van der Waals surface area contributed by atoms with Gasteiger partial charge in [-0.1, -0.05) is 11.6 Å². The highest BCUT2D eigenvalue weighted by atomic mass is 35.5. The van der Waals surface area contributed by atoms with Crippen molar-refractivity contribution in [3.05, 3.63) is 38.1 Å². The molecule has 1 aromatic heterocycles. The van der Waals surface area contributed by atoms with Gasteiger partial charge in [-0.3, -0.25) is 14.3 Å². The molecule has 1 aromatic rings. The number of nitrogens with zero attached hydrogens (tertiary/aromatic N) is 1. The molecule has 0 aromatic carbocycles. The SMILES string of the molecule is O=c1[nH]c(=O)n(C2S[C@H](CO)[C@@H](O)[C@@H]2O)cc1/C=C/Cl. The highest BCUT2D eigenvalue weighted by Crippen LogP contribution is 2.40. The lowest BCUT2D eigenvalue weighted by Crippen LogP contribution is -2.38. The number of thioether (sulfide) groups is 1. The number of hydrogen-bond acceptors (Lipinski definition) is 6. The first kappa shape index (κ1) is 15.3. The van der Waals surface area contributed by atoms with Gasteiger partial charge in [0, 0.05) is 11.7 Å². The average molecular weight is 321 g/mol. The summed E-state index contributed by atoms with van der Waals surface area (Å²) in [7, 11) is 0. The Balaban J connectivity index is 2.46. The molecule has 1 saturated heterocycles. The number of H-pyrrole nitrogens is 1. The topological polar surface area (TPSA) is 116 Å². The van der Waals surface area contributed by atoms with Crippen LogP contribution in [0.1, 0.15) is 10.9 Å². The zero-order chi connectivity index (χ0) is 14.9. The number of nitrogens with one attached hydrogen (secondary N) is 1. The summed E-state index contributed by atoms with van der Waals surface area (Å²) in [4.78, 5) is 25.4. The molecule has 1 aliphatic heterocycles. The summed E-state index contributed by atoms with van der Waals surface area (Å²) in [5.74, 6) is 0. The maximum Gasteiger partial charge on any atom is 0.329 e. The standard InChI is InChI=1S/C11H13ClN2O5S/c12-2-1-5-3-14(11(19)13-9(5)18)10-8(17)7(16)6(4-15)20-10/h1-3,6-8,10,15-17H,4H2,(H,13,18,19)/b2-1+/t6-,7-,8+,10?/m1/s1. The van der Waals surface area contributed by atoms with Crippen molar-refractivity contribution in [3.8, 4) is 0 Å². The van der Waals surface area contributed by atoms with Crippen LogP contribution in [-0.4, -0.2) is 48.9 Å². The van der Waals surface area contributed by atoms with Crippen LogP contribution in [0.3, 0.4) is 0 Å². The van der Waals surface area contributed by atoms with Crippen LogP contribution in [0, 0.1) is 0 Å². The summed E-state index contributed by atoms with van der Waals surface area (Å²) in [6.07, 6.45) is 0.185. The fraction of sp³-hybridized carbons (Fsp3) is 0.455. The lowest BCUT2D eigenvalue weighted by molar-refractivity contribution is 0.0101. The van der Waals surface area contributed by atoms with E-state index in [2.05, 4.69) is 4.98 Å². The Bertz CT molecular complexity index is 628. The molecule has 0 radical (unpaired) electrons. The smallest absolute Gasteiger partial charge is 0.329 e. The van der Waals surface area contributed by atoms with Gasteiger partial charge < -0.3 is 15.3 Å². The minimum absolute atomic E-state index is 0.148. The molecule has 0 saturated carbocycles. The Kier molecular flexibility index (Phi) is 4.71. The fourth-order valence-corrected chi connectivity index (χ4v) is 3.50. The maximum atomic E-state index is 11.8. The van der Waals surface area contributed by atoms with Crippen LogP contribution in [0.5, 0.6) is 0 Å². The van der Waals surface area contributed by atoms with Crippen LogP contribution in [0.4, 0.5) is 0 Å². The average Bonchev–Trinajstić information content (AvgIpc) is 2.70. The number of aromatic amines is 1. The zero-order valence-electron chi connectivity index (χ0n) is 10.1. The second-order valence-electron chi connectivity index (χ2n) is 4.27. The lowest BCUT2D eigenvalue weighted by Gasteiger charge is -2.17. The van der Waals surface area contributed by atoms with E-state index in [4.69, 9.17) is 16.7 Å². The summed E-state index contributed by atoms with van der Waals surface area (Å²) < 4.78 is 1.11. The molecule has 1 aliphatic rings. The normalized spacial score (nSPS) is 30.2. The number of aliphatic hydroxyl groups excluding tert-OH is 3. The quantitative estimate of drug-likeness (QED) is 0.572. The van der Waals surface area contributed by atoms with E-state index in [0.717, 1.165) is 21.9 Å². The van der Waals surface area contributed by atoms with Crippen LogP contribution in [0.25, 0.3) is 6.08 Å². The van der Waals surface area contributed by atoms with Crippen LogP contribution >= 0.6 is 23.4 Å². The summed E-state index contributed by atoms with van der Waals surface area (Å²) in [6, 6.07) is 0. The van der Waals surface area contributed by atoms with Gasteiger partial charge in [0.15, 0.2) is 0 Å². The predicted molar refractivity (Wildman–Crippen MR) is 75.7 cm³/mol. The Morgan fingerprint density at radius 2 is 2.10 bits per heavy atom. The van der Waals surface area contributed by atoms with Crippen LogP contribution < -0.4 is 11.2 Å². The van der Waals surface area contributed by atoms with Gasteiger partial charge in [-0.05, 0) is 6.08 Å². The van der Waals surface area contributed by atoms with Gasteiger partial charge in [-0.25, -0.2) is 4.79 Å². The van der Waals surface area contributed by atoms with Gasteiger partial charge in [0.1, 0.15) is 11.5 Å². The molecule has 0 bridgehead atoms. The van der Waals surface area contributed by atoms with E-state index < -0.39 is 34.1 Å². The van der Waals surface area contributed by atoms with Gasteiger partial charge in [-0.2, -0.15) is 0 Å². The maximum absolute atomic E-state index is 11.8. The van der Waals surface area contributed by atoms with E-state index in [9.17, 15) is 19.8 Å². The fourth-order valence-electron chi connectivity index (χ4n) is 1.99. The van der Waals surface area contributed by atoms with E-state index in [1.807, 2.05) is 0 Å². The van der Waals surface area contributed by atoms with Gasteiger partial charge in [0.25, 0.3) is 5.56 Å². The number of aromatic nitrogens is 2. The molecule has 7 nitrogen and oxygen atoms in total. The minimum atomic E-state index is -1.23. The third kappa shape index (κ3) is 2.70. The van der Waals surface area contributed by atoms with Crippen LogP contribution in [-0.2, 0) is 0 Å². The lowest BCUT2D eigenvalue weighted by atomic mass is 10.1. The molecule has 2 rings (SSSR count). The highest BCUT2D eigenvalue weighted by molar-refractivity contribution is 8.00. The Hall–Kier alpha value is -1.06. The molecule has 4 atom stereocenters. The summed E-state index contributed by atoms with van der Waals surface area (Å²) in [5, 5.41) is 27.4. The Labute approximate surface area is 122 Å². The van der Waals surface area contributed by atoms with Crippen molar-refractivity contribution in [1.29, 1.82) is 0 Å². The van der Waals surface area contributed by atoms with E-state index in [-0.39, 0.29) is 12.2 Å². The van der Waals surface area contributed by atoms with Gasteiger partial charge >= 0.3 is 5.69 Å². The molecule has 110 valence electrons.